The highest BCUT2D eigenvalue weighted by Crippen LogP contribution is 2.27. The standard InChI is InChI=1S/C24H32ClFN2O2/c1-3-19-16-20(9-8-18(19)2)23(29)28-13-10-24(26,11-14-28)17-27-12-15-30-22-7-5-4-6-21(22)25/h6-9,16,27H,3-5,10-15,17H2,1-2H3. The number of nitrogens with zero attached hydrogens (tertiary/aromatic N) is 1. The van der Waals surface area contributed by atoms with E-state index in [1.807, 2.05) is 30.4 Å². The van der Waals surface area contributed by atoms with E-state index in [0.717, 1.165) is 19.3 Å². The number of rotatable bonds is 8. The summed E-state index contributed by atoms with van der Waals surface area (Å²) >= 11 is 6.10. The molecule has 0 spiro atoms. The summed E-state index contributed by atoms with van der Waals surface area (Å²) < 4.78 is 20.8. The highest BCUT2D eigenvalue weighted by Gasteiger charge is 2.35. The molecule has 2 aliphatic rings. The van der Waals surface area contributed by atoms with Gasteiger partial charge in [-0.3, -0.25) is 4.79 Å². The summed E-state index contributed by atoms with van der Waals surface area (Å²) in [7, 11) is 0. The van der Waals surface area contributed by atoms with E-state index in [2.05, 4.69) is 19.2 Å². The van der Waals surface area contributed by atoms with Gasteiger partial charge in [0, 0.05) is 44.6 Å². The molecule has 1 aromatic rings. The molecule has 0 saturated carbocycles. The van der Waals surface area contributed by atoms with Crippen LogP contribution in [-0.2, 0) is 11.2 Å². The van der Waals surface area contributed by atoms with Crippen molar-refractivity contribution >= 4 is 17.5 Å². The average Bonchev–Trinajstić information content (AvgIpc) is 2.75. The van der Waals surface area contributed by atoms with Crippen LogP contribution in [0.5, 0.6) is 0 Å². The number of nitrogens with one attached hydrogen (secondary N) is 1. The van der Waals surface area contributed by atoms with Gasteiger partial charge in [0.1, 0.15) is 18.0 Å². The Hall–Kier alpha value is -1.85. The molecular weight excluding hydrogens is 403 g/mol. The minimum absolute atomic E-state index is 0.00111. The van der Waals surface area contributed by atoms with Gasteiger partial charge in [-0.15, -0.1) is 0 Å². The normalized spacial score (nSPS) is 18.6. The van der Waals surface area contributed by atoms with Crippen LogP contribution in [0.3, 0.4) is 0 Å². The maximum Gasteiger partial charge on any atom is 0.253 e. The number of carbonyl (C=O) groups excluding carboxylic acids is 1. The van der Waals surface area contributed by atoms with Gasteiger partial charge in [0.2, 0.25) is 0 Å². The van der Waals surface area contributed by atoms with Gasteiger partial charge in [-0.05, 0) is 55.5 Å². The summed E-state index contributed by atoms with van der Waals surface area (Å²) in [6, 6.07) is 5.84. The van der Waals surface area contributed by atoms with Crippen LogP contribution in [0.2, 0.25) is 0 Å². The lowest BCUT2D eigenvalue weighted by molar-refractivity contribution is 0.0430. The summed E-state index contributed by atoms with van der Waals surface area (Å²) in [6.07, 6.45) is 7.41. The van der Waals surface area contributed by atoms with Crippen molar-refractivity contribution < 1.29 is 13.9 Å². The van der Waals surface area contributed by atoms with Gasteiger partial charge in [-0.25, -0.2) is 4.39 Å². The number of allylic oxidation sites excluding steroid dienone is 3. The fraction of sp³-hybridized carbons (Fsp3) is 0.542. The van der Waals surface area contributed by atoms with Gasteiger partial charge in [0.25, 0.3) is 5.91 Å². The highest BCUT2D eigenvalue weighted by atomic mass is 35.5. The summed E-state index contributed by atoms with van der Waals surface area (Å²) in [6.45, 7) is 6.30. The van der Waals surface area contributed by atoms with E-state index in [1.165, 1.54) is 11.1 Å². The van der Waals surface area contributed by atoms with Gasteiger partial charge in [-0.1, -0.05) is 30.7 Å². The first-order valence-corrected chi connectivity index (χ1v) is 11.3. The minimum atomic E-state index is -1.29. The molecule has 4 nitrogen and oxygen atoms in total. The van der Waals surface area contributed by atoms with Crippen LogP contribution < -0.4 is 5.32 Å². The van der Waals surface area contributed by atoms with E-state index < -0.39 is 5.67 Å². The summed E-state index contributed by atoms with van der Waals surface area (Å²) in [5, 5.41) is 3.81. The van der Waals surface area contributed by atoms with Gasteiger partial charge >= 0.3 is 0 Å². The number of alkyl halides is 1. The largest absolute Gasteiger partial charge is 0.491 e. The Morgan fingerprint density at radius 2 is 2.00 bits per heavy atom. The molecule has 3 rings (SSSR count). The zero-order chi connectivity index (χ0) is 21.6. The number of benzene rings is 1. The number of aryl methyl sites for hydroxylation is 2. The zero-order valence-electron chi connectivity index (χ0n) is 18.0. The monoisotopic (exact) mass is 434 g/mol. The lowest BCUT2D eigenvalue weighted by Gasteiger charge is -2.36. The van der Waals surface area contributed by atoms with Crippen molar-refractivity contribution in [3.63, 3.8) is 0 Å². The number of piperidine rings is 1. The summed E-state index contributed by atoms with van der Waals surface area (Å²) in [4.78, 5) is 14.6. The van der Waals surface area contributed by atoms with Crippen LogP contribution in [0.15, 0.2) is 41.1 Å². The predicted molar refractivity (Wildman–Crippen MR) is 120 cm³/mol. The molecule has 1 aromatic carbocycles. The van der Waals surface area contributed by atoms with Crippen molar-refractivity contribution in [1.29, 1.82) is 0 Å². The molecule has 1 aliphatic carbocycles. The predicted octanol–water partition coefficient (Wildman–Crippen LogP) is 4.91. The lowest BCUT2D eigenvalue weighted by atomic mass is 9.92. The van der Waals surface area contributed by atoms with Crippen molar-refractivity contribution in [2.45, 2.75) is 51.6 Å². The van der Waals surface area contributed by atoms with Gasteiger partial charge in [0.05, 0.1) is 5.03 Å². The fourth-order valence-corrected chi connectivity index (χ4v) is 4.19. The third-order valence-corrected chi connectivity index (χ3v) is 6.30. The molecule has 1 saturated heterocycles. The number of ether oxygens (including phenoxy) is 1. The van der Waals surface area contributed by atoms with Crippen LogP contribution in [0, 0.1) is 6.92 Å². The number of amides is 1. The first kappa shape index (κ1) is 22.8. The molecule has 0 atom stereocenters. The number of hydrogen-bond acceptors (Lipinski definition) is 3. The molecule has 1 heterocycles. The Labute approximate surface area is 184 Å². The molecule has 0 bridgehead atoms. The third kappa shape index (κ3) is 5.86. The number of carbonyl (C=O) groups is 1. The molecule has 164 valence electrons. The molecule has 1 fully saturated rings. The smallest absolute Gasteiger partial charge is 0.253 e. The summed E-state index contributed by atoms with van der Waals surface area (Å²) in [5.74, 6) is 0.715. The highest BCUT2D eigenvalue weighted by molar-refractivity contribution is 6.31. The number of halogens is 2. The average molecular weight is 435 g/mol. The van der Waals surface area contributed by atoms with E-state index in [0.29, 0.717) is 55.4 Å². The Morgan fingerprint density at radius 1 is 1.27 bits per heavy atom. The first-order chi connectivity index (χ1) is 14.4. The van der Waals surface area contributed by atoms with Gasteiger partial charge < -0.3 is 15.0 Å². The second-order valence-corrected chi connectivity index (χ2v) is 8.57. The zero-order valence-corrected chi connectivity index (χ0v) is 18.7. The maximum atomic E-state index is 15.1. The van der Waals surface area contributed by atoms with Crippen LogP contribution in [0.4, 0.5) is 4.39 Å². The molecule has 1 amide bonds. The van der Waals surface area contributed by atoms with E-state index in [1.54, 1.807) is 4.90 Å². The van der Waals surface area contributed by atoms with Crippen molar-refractivity contribution in [3.05, 3.63) is 57.8 Å². The third-order valence-electron chi connectivity index (χ3n) is 5.96. The minimum Gasteiger partial charge on any atom is -0.491 e. The Balaban J connectivity index is 1.41. The van der Waals surface area contributed by atoms with E-state index in [-0.39, 0.29) is 12.5 Å². The van der Waals surface area contributed by atoms with Crippen LogP contribution in [0.25, 0.3) is 0 Å². The molecule has 30 heavy (non-hydrogen) atoms. The molecule has 0 aromatic heterocycles. The Kier molecular flexibility index (Phi) is 7.95. The van der Waals surface area contributed by atoms with Crippen molar-refractivity contribution in [2.24, 2.45) is 0 Å². The van der Waals surface area contributed by atoms with Gasteiger partial charge in [-0.2, -0.15) is 0 Å². The Morgan fingerprint density at radius 3 is 2.70 bits per heavy atom. The van der Waals surface area contributed by atoms with E-state index in [9.17, 15) is 4.79 Å². The second-order valence-electron chi connectivity index (χ2n) is 8.16. The van der Waals surface area contributed by atoms with Crippen LogP contribution in [-0.4, -0.2) is 49.3 Å². The molecule has 6 heteroatoms. The van der Waals surface area contributed by atoms with E-state index in [4.69, 9.17) is 16.3 Å². The second kappa shape index (κ2) is 10.5. The molecule has 0 unspecified atom stereocenters. The van der Waals surface area contributed by atoms with E-state index >= 15 is 4.39 Å². The number of hydrogen-bond donors (Lipinski definition) is 1. The van der Waals surface area contributed by atoms with Gasteiger partial charge in [0.15, 0.2) is 0 Å². The van der Waals surface area contributed by atoms with Crippen LogP contribution >= 0.6 is 11.6 Å². The maximum absolute atomic E-state index is 15.1. The van der Waals surface area contributed by atoms with Crippen molar-refractivity contribution in [1.82, 2.24) is 10.2 Å². The van der Waals surface area contributed by atoms with Crippen molar-refractivity contribution in [2.75, 3.05) is 32.8 Å². The topological polar surface area (TPSA) is 41.6 Å². The quantitative estimate of drug-likeness (QED) is 0.591. The summed E-state index contributed by atoms with van der Waals surface area (Å²) in [5.41, 5.74) is 1.79. The SMILES string of the molecule is CCc1cc(C(=O)N2CCC(F)(CNCCOC3=CCCC=C3Cl)CC2)ccc1C. The lowest BCUT2D eigenvalue weighted by Crippen LogP contribution is -2.49. The molecule has 1 N–H and O–H groups in total. The first-order valence-electron chi connectivity index (χ1n) is 10.9. The van der Waals surface area contributed by atoms with Crippen molar-refractivity contribution in [3.8, 4) is 0 Å². The fourth-order valence-electron chi connectivity index (χ4n) is 3.95. The molecule has 0 radical (unpaired) electrons. The molecular formula is C24H32ClFN2O2. The molecule has 1 aliphatic heterocycles. The van der Waals surface area contributed by atoms with Crippen LogP contribution in [0.1, 0.15) is 54.1 Å². The Bertz CT molecular complexity index is 813. The number of likely N-dealkylation sites (tertiary alicyclic amines) is 1.